The van der Waals surface area contributed by atoms with Crippen molar-refractivity contribution in [2.45, 2.75) is 95.2 Å². The average Bonchev–Trinajstić information content (AvgIpc) is 1.59. The third-order valence-electron chi connectivity index (χ3n) is 23.9. The second kappa shape index (κ2) is 40.2. The molecule has 7 fully saturated rings. The lowest BCUT2D eigenvalue weighted by Crippen LogP contribution is -2.37. The maximum atomic E-state index is 12.5. The summed E-state index contributed by atoms with van der Waals surface area (Å²) in [6, 6.07) is 45.3. The van der Waals surface area contributed by atoms with Crippen LogP contribution >= 0.6 is 0 Å². The van der Waals surface area contributed by atoms with Crippen LogP contribution in [0.3, 0.4) is 0 Å². The molecule has 9 aromatic heterocycles. The number of morpholine rings is 3. The number of carbonyl (C=O) groups is 3. The van der Waals surface area contributed by atoms with Crippen molar-refractivity contribution in [3.63, 3.8) is 0 Å². The molecule has 1 saturated carbocycles. The number of likely N-dealkylation sites (tertiary alicyclic amines) is 3. The Morgan fingerprint density at radius 2 is 0.698 bits per heavy atom. The van der Waals surface area contributed by atoms with Crippen molar-refractivity contribution in [2.75, 3.05) is 167 Å². The van der Waals surface area contributed by atoms with E-state index in [1.807, 2.05) is 110 Å². The Morgan fingerprint density at radius 1 is 0.349 bits per heavy atom. The van der Waals surface area contributed by atoms with Gasteiger partial charge in [-0.1, -0.05) is 42.5 Å². The number of nitrogens with one attached hydrogen (secondary N) is 6. The van der Waals surface area contributed by atoms with Crippen LogP contribution in [0.1, 0.15) is 86.2 Å². The number of ether oxygens (including phenoxy) is 3. The molecule has 126 heavy (non-hydrogen) atoms. The number of carbonyl (C=O) groups excluding carboxylic acids is 3. The molecule has 6 amide bonds. The number of benzene rings is 4. The molecule has 6 saturated heterocycles. The number of amides is 6. The summed E-state index contributed by atoms with van der Waals surface area (Å²) in [6.45, 7) is 16.7. The van der Waals surface area contributed by atoms with E-state index < -0.39 is 12.7 Å². The van der Waals surface area contributed by atoms with Gasteiger partial charge < -0.3 is 60.8 Å². The van der Waals surface area contributed by atoms with Crippen LogP contribution < -0.4 is 46.6 Å². The zero-order chi connectivity index (χ0) is 85.3. The van der Waals surface area contributed by atoms with Gasteiger partial charge in [-0.05, 0) is 165 Å². The number of hydrogen-bond acceptors (Lipinski definition) is 24. The molecule has 7 aliphatic rings. The zero-order valence-electron chi connectivity index (χ0n) is 70.4. The molecule has 0 bridgehead atoms. The minimum Gasteiger partial charge on any atom is -0.378 e. The number of fused-ring (bicyclic) bond motifs is 3. The number of aromatic nitrogens is 15. The minimum absolute atomic E-state index is 0.0285. The first-order valence-electron chi connectivity index (χ1n) is 43.8. The largest absolute Gasteiger partial charge is 0.378 e. The molecule has 0 radical (unpaired) electrons. The molecule has 1 aliphatic carbocycles. The van der Waals surface area contributed by atoms with Gasteiger partial charge in [-0.25, -0.2) is 62.7 Å². The number of urea groups is 3. The van der Waals surface area contributed by atoms with E-state index in [0.717, 1.165) is 222 Å². The quantitative estimate of drug-likeness (QED) is 0.0367. The molecule has 4 aromatic carbocycles. The number of alkyl halides is 1. The van der Waals surface area contributed by atoms with Crippen molar-refractivity contribution in [3.8, 4) is 34.2 Å². The van der Waals surface area contributed by atoms with E-state index >= 15 is 0 Å². The van der Waals surface area contributed by atoms with Crippen LogP contribution in [0.5, 0.6) is 0 Å². The number of anilines is 7. The Labute approximate surface area is 728 Å². The highest BCUT2D eigenvalue weighted by molar-refractivity contribution is 6.00. The van der Waals surface area contributed by atoms with Crippen LogP contribution in [-0.4, -0.2) is 244 Å². The molecule has 13 aromatic rings. The summed E-state index contributed by atoms with van der Waals surface area (Å²) in [5.74, 6) is 4.54. The van der Waals surface area contributed by atoms with Gasteiger partial charge in [0.25, 0.3) is 0 Å². The number of hydrogen-bond donors (Lipinski definition) is 6. The highest BCUT2D eigenvalue weighted by Crippen LogP contribution is 2.38. The molecule has 33 nitrogen and oxygen atoms in total. The smallest absolute Gasteiger partial charge is 0.323 e. The third kappa shape index (κ3) is 20.9. The second-order valence-electron chi connectivity index (χ2n) is 32.6. The molecule has 15 heterocycles. The van der Waals surface area contributed by atoms with Crippen LogP contribution in [0.25, 0.3) is 67.3 Å². The fraction of sp³-hybridized carbons (Fsp3) is 0.380. The summed E-state index contributed by atoms with van der Waals surface area (Å²) in [4.78, 5) is 93.6. The molecule has 0 unspecified atom stereocenters. The highest BCUT2D eigenvalue weighted by Gasteiger charge is 2.32. The maximum Gasteiger partial charge on any atom is 0.323 e. The van der Waals surface area contributed by atoms with Crippen molar-refractivity contribution >= 4 is 91.4 Å². The van der Waals surface area contributed by atoms with Crippen molar-refractivity contribution in [1.29, 1.82) is 0 Å². The topological polar surface area (TPSA) is 340 Å². The summed E-state index contributed by atoms with van der Waals surface area (Å²) in [6.07, 6.45) is 24.6. The fourth-order valence-corrected chi connectivity index (χ4v) is 17.0. The Hall–Kier alpha value is -13.1. The van der Waals surface area contributed by atoms with Crippen LogP contribution in [0.2, 0.25) is 0 Å². The van der Waals surface area contributed by atoms with E-state index in [1.165, 1.54) is 16.7 Å². The first-order valence-corrected chi connectivity index (χ1v) is 43.8. The molecular formula is C92H104FN27O6. The Balaban J connectivity index is 0.000000128. The molecule has 0 atom stereocenters. The van der Waals surface area contributed by atoms with E-state index in [0.29, 0.717) is 80.2 Å². The van der Waals surface area contributed by atoms with Crippen molar-refractivity contribution < 1.29 is 33.0 Å². The van der Waals surface area contributed by atoms with Crippen LogP contribution in [0, 0.1) is 0 Å². The number of piperidine rings is 3. The standard InChI is InChI=1S/C33H35N9O2.C30H35N9O2.C29H34FN9O2/c43-33(37-27-7-4-14-34-21-27)36-26-10-8-25(9-11-26)30-38-31(41-17-19-44-20-18-41)29-22-35-42(32(29)39-30)28-12-15-40(16-13-28)23-24-5-2-1-3-6-24;40-30(34-24-7-8-24)33-23-5-3-22(4-6-23)27-35-28(38-14-16-41-17-15-38)26-19-32-39(29(26)36-27)25-9-12-37(13-10-25)20-21-2-1-11-31-18-21;30-9-11-32-29(40)34-23-5-3-22(4-6-23)26-35-27(38-14-16-41-17-15-38)25-19-33-39(28(25)36-26)24-7-12-37(13-8-24)20-21-2-1-10-31-18-21/h1-11,14,21-22,28H,12-13,15-20,23H2,(H2,36,37,43);1-6,11,18-19,24-25H,7-10,12-17,20H2,(H2,33,34,40);1-6,10,18-19,24H,7-9,11-17,20H2,(H2,32,34,40). The van der Waals surface area contributed by atoms with E-state index in [1.54, 1.807) is 42.9 Å². The van der Waals surface area contributed by atoms with Gasteiger partial charge in [0.1, 0.15) is 24.1 Å². The van der Waals surface area contributed by atoms with Gasteiger partial charge in [0.2, 0.25) is 0 Å². The third-order valence-corrected chi connectivity index (χ3v) is 23.9. The molecule has 6 aliphatic heterocycles. The summed E-state index contributed by atoms with van der Waals surface area (Å²) < 4.78 is 35.5. The number of pyridine rings is 3. The van der Waals surface area contributed by atoms with Gasteiger partial charge in [-0.15, -0.1) is 0 Å². The Kier molecular flexibility index (Phi) is 26.8. The van der Waals surface area contributed by atoms with Gasteiger partial charge in [0.15, 0.2) is 34.4 Å². The fourth-order valence-electron chi connectivity index (χ4n) is 17.0. The van der Waals surface area contributed by atoms with E-state index in [9.17, 15) is 18.8 Å². The highest BCUT2D eigenvalue weighted by atomic mass is 19.1. The average molecular weight is 1700 g/mol. The lowest BCUT2D eigenvalue weighted by molar-refractivity contribution is 0.122. The normalized spacial score (nSPS) is 17.1. The van der Waals surface area contributed by atoms with Gasteiger partial charge >= 0.3 is 18.1 Å². The van der Waals surface area contributed by atoms with Crippen LogP contribution in [0.4, 0.5) is 59.0 Å². The SMILES string of the molecule is O=C(NCCF)Nc1ccc(-c2nc(N3CCOCC3)c3cnn(C4CCN(Cc5cccnc5)CC4)c3n2)cc1.O=C(Nc1ccc(-c2nc(N3CCOCC3)c3cnn(C4CCN(Cc5ccccc5)CC4)c3n2)cc1)Nc1cccnc1.O=C(Nc1ccc(-c2nc(N3CCOCC3)c3cnn(C4CCN(Cc5cccnc5)CC4)c3n2)cc1)NC1CC1. The Bertz CT molecular complexity index is 5760. The van der Waals surface area contributed by atoms with Crippen molar-refractivity contribution in [1.82, 2.24) is 99.5 Å². The summed E-state index contributed by atoms with van der Waals surface area (Å²) in [5.41, 5.74) is 11.6. The van der Waals surface area contributed by atoms with Gasteiger partial charge in [0.05, 0.1) is 104 Å². The monoisotopic (exact) mass is 1700 g/mol. The molecule has 0 spiro atoms. The molecule has 650 valence electrons. The van der Waals surface area contributed by atoms with Crippen molar-refractivity contribution in [3.05, 3.63) is 212 Å². The van der Waals surface area contributed by atoms with Gasteiger partial charge in [-0.2, -0.15) is 15.3 Å². The number of rotatable bonds is 22. The van der Waals surface area contributed by atoms with Crippen molar-refractivity contribution in [2.24, 2.45) is 0 Å². The number of nitrogens with zero attached hydrogens (tertiary/aromatic N) is 21. The molecule has 6 N–H and O–H groups in total. The Morgan fingerprint density at radius 3 is 1.06 bits per heavy atom. The predicted molar refractivity (Wildman–Crippen MR) is 482 cm³/mol. The summed E-state index contributed by atoms with van der Waals surface area (Å²) in [7, 11) is 0. The lowest BCUT2D eigenvalue weighted by atomic mass is 10.0. The second-order valence-corrected chi connectivity index (χ2v) is 32.6. The van der Waals surface area contributed by atoms with Gasteiger partial charge in [0, 0.05) is 175 Å². The summed E-state index contributed by atoms with van der Waals surface area (Å²) in [5, 5.41) is 34.2. The van der Waals surface area contributed by atoms with Crippen LogP contribution in [-0.2, 0) is 33.8 Å². The predicted octanol–water partition coefficient (Wildman–Crippen LogP) is 12.7. The first kappa shape index (κ1) is 83.8. The molecule has 34 heteroatoms. The van der Waals surface area contributed by atoms with E-state index in [2.05, 4.69) is 133 Å². The molecular weight excluding hydrogens is 1600 g/mol. The number of halogens is 1. The first-order chi connectivity index (χ1) is 62.1. The van der Waals surface area contributed by atoms with Crippen LogP contribution in [0.15, 0.2) is 195 Å². The lowest BCUT2D eigenvalue weighted by Gasteiger charge is -2.32. The minimum atomic E-state index is -0.612. The summed E-state index contributed by atoms with van der Waals surface area (Å²) >= 11 is 0. The maximum absolute atomic E-state index is 12.5. The van der Waals surface area contributed by atoms with E-state index in [4.69, 9.17) is 59.4 Å². The van der Waals surface area contributed by atoms with E-state index in [-0.39, 0.29) is 36.7 Å². The zero-order valence-corrected chi connectivity index (χ0v) is 70.4. The molecule has 20 rings (SSSR count). The van der Waals surface area contributed by atoms with Gasteiger partial charge in [-0.3, -0.25) is 29.7 Å².